The van der Waals surface area contributed by atoms with E-state index in [1.54, 1.807) is 31.6 Å². The normalized spacial score (nSPS) is 14.7. The van der Waals surface area contributed by atoms with E-state index in [9.17, 15) is 8.42 Å². The summed E-state index contributed by atoms with van der Waals surface area (Å²) in [7, 11) is -1.76. The van der Waals surface area contributed by atoms with Crippen molar-refractivity contribution in [3.05, 3.63) is 48.3 Å². The minimum Gasteiger partial charge on any atom is -0.381 e. The number of sulfonamides is 1. The van der Waals surface area contributed by atoms with Gasteiger partial charge in [0.05, 0.1) is 16.3 Å². The van der Waals surface area contributed by atoms with E-state index < -0.39 is 10.0 Å². The monoisotopic (exact) mass is 453 g/mol. The molecule has 0 bridgehead atoms. The van der Waals surface area contributed by atoms with Gasteiger partial charge in [-0.2, -0.15) is 0 Å². The summed E-state index contributed by atoms with van der Waals surface area (Å²) < 4.78 is 27.9. The fourth-order valence-corrected chi connectivity index (χ4v) is 4.58. The lowest BCUT2D eigenvalue weighted by molar-refractivity contribution is 0.463. The number of hydrogen-bond acceptors (Lipinski definition) is 6. The van der Waals surface area contributed by atoms with Crippen LogP contribution in [0.5, 0.6) is 0 Å². The smallest absolute Gasteiger partial charge is 0.240 e. The van der Waals surface area contributed by atoms with Crippen molar-refractivity contribution in [3.63, 3.8) is 0 Å². The van der Waals surface area contributed by atoms with Gasteiger partial charge in [0, 0.05) is 38.1 Å². The van der Waals surface area contributed by atoms with Crippen molar-refractivity contribution in [1.29, 1.82) is 0 Å². The topological polar surface area (TPSA) is 95.1 Å². The molecule has 0 atom stereocenters. The summed E-state index contributed by atoms with van der Waals surface area (Å²) in [6, 6.07) is 9.58. The summed E-state index contributed by atoms with van der Waals surface area (Å²) in [5.74, 6) is 0. The highest BCUT2D eigenvalue weighted by atomic mass is 35.5. The molecule has 9 heteroatoms. The molecule has 1 aliphatic carbocycles. The lowest BCUT2D eigenvalue weighted by atomic mass is 9.95. The Morgan fingerprint density at radius 2 is 1.73 bits per heavy atom. The molecule has 166 valence electrons. The highest BCUT2D eigenvalue weighted by molar-refractivity contribution is 7.89. The molecule has 0 aliphatic heterocycles. The van der Waals surface area contributed by atoms with Crippen LogP contribution in [0.1, 0.15) is 37.7 Å². The second kappa shape index (κ2) is 12.1. The summed E-state index contributed by atoms with van der Waals surface area (Å²) in [4.78, 5) is 4.31. The first-order chi connectivity index (χ1) is 14.1. The van der Waals surface area contributed by atoms with Crippen molar-refractivity contribution in [2.75, 3.05) is 30.8 Å². The molecular formula is C21H32ClN5O2S. The van der Waals surface area contributed by atoms with Gasteiger partial charge in [-0.25, -0.2) is 13.1 Å². The molecule has 0 amide bonds. The fraction of sp³-hybridized carbons (Fsp3) is 0.476. The molecule has 3 rings (SSSR count). The van der Waals surface area contributed by atoms with Crippen LogP contribution in [0.2, 0.25) is 0 Å². The second-order valence-electron chi connectivity index (χ2n) is 7.40. The third-order valence-electron chi connectivity index (χ3n) is 5.17. The van der Waals surface area contributed by atoms with Gasteiger partial charge in [0.25, 0.3) is 0 Å². The summed E-state index contributed by atoms with van der Waals surface area (Å²) in [6.07, 6.45) is 9.57. The zero-order valence-corrected chi connectivity index (χ0v) is 19.0. The number of nitrogens with one attached hydrogen (secondary N) is 4. The third kappa shape index (κ3) is 7.12. The lowest BCUT2D eigenvalue weighted by Gasteiger charge is -2.25. The molecule has 1 aromatic carbocycles. The van der Waals surface area contributed by atoms with Gasteiger partial charge in [0.2, 0.25) is 10.0 Å². The Hall–Kier alpha value is -1.87. The van der Waals surface area contributed by atoms with Gasteiger partial charge in [0.1, 0.15) is 0 Å². The van der Waals surface area contributed by atoms with Crippen LogP contribution < -0.4 is 20.7 Å². The SMILES string of the molecule is CNCCNS(=O)(=O)c1ccc(NC2CCCCC2)c(NCc2ccncc2)c1.Cl. The minimum atomic E-state index is -3.56. The van der Waals surface area contributed by atoms with Crippen molar-refractivity contribution >= 4 is 33.8 Å². The number of benzene rings is 1. The molecule has 1 saturated carbocycles. The lowest BCUT2D eigenvalue weighted by Crippen LogP contribution is -2.30. The van der Waals surface area contributed by atoms with Crippen molar-refractivity contribution < 1.29 is 8.42 Å². The van der Waals surface area contributed by atoms with E-state index >= 15 is 0 Å². The van der Waals surface area contributed by atoms with Crippen LogP contribution >= 0.6 is 12.4 Å². The number of pyridine rings is 1. The zero-order chi connectivity index (χ0) is 20.5. The Balaban J connectivity index is 0.00000320. The molecule has 4 N–H and O–H groups in total. The van der Waals surface area contributed by atoms with Gasteiger partial charge in [0.15, 0.2) is 0 Å². The maximum atomic E-state index is 12.6. The molecule has 0 saturated heterocycles. The van der Waals surface area contributed by atoms with E-state index in [2.05, 4.69) is 25.7 Å². The molecule has 0 unspecified atom stereocenters. The van der Waals surface area contributed by atoms with Gasteiger partial charge in [-0.3, -0.25) is 4.98 Å². The van der Waals surface area contributed by atoms with Crippen LogP contribution in [0.15, 0.2) is 47.6 Å². The van der Waals surface area contributed by atoms with E-state index in [1.165, 1.54) is 19.3 Å². The summed E-state index contributed by atoms with van der Waals surface area (Å²) >= 11 is 0. The molecule has 1 aromatic heterocycles. The summed E-state index contributed by atoms with van der Waals surface area (Å²) in [5, 5.41) is 9.96. The second-order valence-corrected chi connectivity index (χ2v) is 9.16. The molecular weight excluding hydrogens is 422 g/mol. The van der Waals surface area contributed by atoms with E-state index in [-0.39, 0.29) is 17.3 Å². The van der Waals surface area contributed by atoms with Crippen LogP contribution in [0.4, 0.5) is 11.4 Å². The number of anilines is 2. The first-order valence-corrected chi connectivity index (χ1v) is 11.7. The Kier molecular flexibility index (Phi) is 9.84. The van der Waals surface area contributed by atoms with Crippen molar-refractivity contribution in [1.82, 2.24) is 15.0 Å². The molecule has 0 radical (unpaired) electrons. The van der Waals surface area contributed by atoms with Gasteiger partial charge in [-0.05, 0) is 55.8 Å². The molecule has 2 aromatic rings. The largest absolute Gasteiger partial charge is 0.381 e. The number of likely N-dealkylation sites (N-methyl/N-ethyl adjacent to an activating group) is 1. The average molecular weight is 454 g/mol. The van der Waals surface area contributed by atoms with Gasteiger partial charge < -0.3 is 16.0 Å². The number of nitrogens with zero attached hydrogens (tertiary/aromatic N) is 1. The summed E-state index contributed by atoms with van der Waals surface area (Å²) in [6.45, 7) is 1.52. The first-order valence-electron chi connectivity index (χ1n) is 10.3. The number of halogens is 1. The highest BCUT2D eigenvalue weighted by Crippen LogP contribution is 2.29. The molecule has 1 heterocycles. The number of hydrogen-bond donors (Lipinski definition) is 4. The van der Waals surface area contributed by atoms with Crippen molar-refractivity contribution in [3.8, 4) is 0 Å². The van der Waals surface area contributed by atoms with Gasteiger partial charge >= 0.3 is 0 Å². The zero-order valence-electron chi connectivity index (χ0n) is 17.4. The highest BCUT2D eigenvalue weighted by Gasteiger charge is 2.18. The number of aromatic nitrogens is 1. The minimum absolute atomic E-state index is 0. The standard InChI is InChI=1S/C21H31N5O2S.ClH/c1-22-13-14-25-29(27,28)19-7-8-20(26-18-5-3-2-4-6-18)21(15-19)24-16-17-9-11-23-12-10-17;/h7-12,15,18,22,24-26H,2-6,13-14,16H2,1H3;1H. The predicted molar refractivity (Wildman–Crippen MR) is 125 cm³/mol. The van der Waals surface area contributed by atoms with E-state index in [0.717, 1.165) is 29.8 Å². The van der Waals surface area contributed by atoms with Gasteiger partial charge in [-0.15, -0.1) is 12.4 Å². The summed E-state index contributed by atoms with van der Waals surface area (Å²) in [5.41, 5.74) is 2.83. The maximum Gasteiger partial charge on any atom is 0.240 e. The third-order valence-corrected chi connectivity index (χ3v) is 6.62. The molecule has 0 spiro atoms. The van der Waals surface area contributed by atoms with Gasteiger partial charge in [-0.1, -0.05) is 19.3 Å². The van der Waals surface area contributed by atoms with E-state index in [1.807, 2.05) is 18.2 Å². The fourth-order valence-electron chi connectivity index (χ4n) is 3.52. The Labute approximate surface area is 185 Å². The van der Waals surface area contributed by atoms with Crippen LogP contribution in [0, 0.1) is 0 Å². The van der Waals surface area contributed by atoms with Crippen LogP contribution in [0.25, 0.3) is 0 Å². The Morgan fingerprint density at radius 1 is 1.00 bits per heavy atom. The van der Waals surface area contributed by atoms with E-state index in [4.69, 9.17) is 0 Å². The molecule has 1 fully saturated rings. The molecule has 30 heavy (non-hydrogen) atoms. The Bertz CT molecular complexity index is 874. The predicted octanol–water partition coefficient (Wildman–Crippen LogP) is 3.36. The van der Waals surface area contributed by atoms with Crippen molar-refractivity contribution in [2.45, 2.75) is 49.6 Å². The van der Waals surface area contributed by atoms with Crippen LogP contribution in [-0.2, 0) is 16.6 Å². The maximum absolute atomic E-state index is 12.6. The Morgan fingerprint density at radius 3 is 2.43 bits per heavy atom. The molecule has 7 nitrogen and oxygen atoms in total. The van der Waals surface area contributed by atoms with E-state index in [0.29, 0.717) is 25.7 Å². The van der Waals surface area contributed by atoms with Crippen molar-refractivity contribution in [2.24, 2.45) is 0 Å². The van der Waals surface area contributed by atoms with Crippen LogP contribution in [0.3, 0.4) is 0 Å². The quantitative estimate of drug-likeness (QED) is 0.412. The average Bonchev–Trinajstić information content (AvgIpc) is 2.74. The first kappa shape index (κ1) is 24.4. The molecule has 1 aliphatic rings. The number of rotatable bonds is 10. The van der Waals surface area contributed by atoms with Crippen LogP contribution in [-0.4, -0.2) is 39.6 Å².